The first-order chi connectivity index (χ1) is 14.3. The zero-order valence-electron chi connectivity index (χ0n) is 18.0. The van der Waals surface area contributed by atoms with Crippen molar-refractivity contribution in [1.29, 1.82) is 0 Å². The molecule has 4 nitrogen and oxygen atoms in total. The molecule has 1 aliphatic heterocycles. The molecule has 30 heavy (non-hydrogen) atoms. The lowest BCUT2D eigenvalue weighted by atomic mass is 9.93. The van der Waals surface area contributed by atoms with E-state index < -0.39 is 0 Å². The van der Waals surface area contributed by atoms with Crippen LogP contribution in [0.25, 0.3) is 5.69 Å². The number of aromatic nitrogens is 2. The molecule has 4 rings (SSSR count). The van der Waals surface area contributed by atoms with Gasteiger partial charge >= 0.3 is 0 Å². The summed E-state index contributed by atoms with van der Waals surface area (Å²) in [5.74, 6) is 0. The van der Waals surface area contributed by atoms with E-state index >= 15 is 0 Å². The van der Waals surface area contributed by atoms with Gasteiger partial charge in [-0.2, -0.15) is 0 Å². The standard InChI is InChI=1S/C24H27ClN4S/c1-14(2)28-23(22(27-24(28)30)20-11-6-7-12-26-20)21-15(3)16(4)29(17(21)5)19-10-8-9-18(25)13-19/h6-14,22-23H,1-5H3,(H,27,30)/t22-,23+/m1/s1. The smallest absolute Gasteiger partial charge is 0.170 e. The summed E-state index contributed by atoms with van der Waals surface area (Å²) in [6.45, 7) is 10.9. The van der Waals surface area contributed by atoms with E-state index in [0.717, 1.165) is 21.5 Å². The monoisotopic (exact) mass is 438 g/mol. The Morgan fingerprint density at radius 1 is 1.07 bits per heavy atom. The molecular formula is C24H27ClN4S. The first kappa shape index (κ1) is 20.9. The minimum Gasteiger partial charge on any atom is -0.352 e. The third-order valence-electron chi connectivity index (χ3n) is 6.06. The van der Waals surface area contributed by atoms with E-state index in [1.54, 1.807) is 0 Å². The van der Waals surface area contributed by atoms with Gasteiger partial charge in [-0.25, -0.2) is 0 Å². The molecule has 1 fully saturated rings. The highest BCUT2D eigenvalue weighted by Crippen LogP contribution is 2.44. The average molecular weight is 439 g/mol. The summed E-state index contributed by atoms with van der Waals surface area (Å²) >= 11 is 12.1. The van der Waals surface area contributed by atoms with Crippen LogP contribution in [-0.2, 0) is 0 Å². The molecule has 0 unspecified atom stereocenters. The zero-order valence-corrected chi connectivity index (χ0v) is 19.6. The van der Waals surface area contributed by atoms with Crippen LogP contribution in [0.5, 0.6) is 0 Å². The van der Waals surface area contributed by atoms with E-state index in [9.17, 15) is 0 Å². The molecule has 1 saturated heterocycles. The van der Waals surface area contributed by atoms with Gasteiger partial charge in [0.2, 0.25) is 0 Å². The maximum absolute atomic E-state index is 6.30. The highest BCUT2D eigenvalue weighted by atomic mass is 35.5. The molecule has 3 aromatic rings. The third-order valence-corrected chi connectivity index (χ3v) is 6.62. The van der Waals surface area contributed by atoms with Crippen molar-refractivity contribution >= 4 is 28.9 Å². The number of hydrogen-bond acceptors (Lipinski definition) is 2. The van der Waals surface area contributed by atoms with E-state index in [-0.39, 0.29) is 18.1 Å². The van der Waals surface area contributed by atoms with E-state index in [1.807, 2.05) is 36.5 Å². The summed E-state index contributed by atoms with van der Waals surface area (Å²) in [6.07, 6.45) is 1.84. The average Bonchev–Trinajstić information content (AvgIpc) is 3.16. The van der Waals surface area contributed by atoms with Crippen LogP contribution in [-0.4, -0.2) is 25.6 Å². The van der Waals surface area contributed by atoms with Crippen LogP contribution in [0.15, 0.2) is 48.7 Å². The zero-order chi connectivity index (χ0) is 21.6. The largest absolute Gasteiger partial charge is 0.352 e. The number of nitrogens with zero attached hydrogens (tertiary/aromatic N) is 3. The molecule has 0 radical (unpaired) electrons. The lowest BCUT2D eigenvalue weighted by molar-refractivity contribution is 0.268. The summed E-state index contributed by atoms with van der Waals surface area (Å²) in [6, 6.07) is 14.4. The first-order valence-electron chi connectivity index (χ1n) is 10.2. The molecule has 6 heteroatoms. The van der Waals surface area contributed by atoms with Gasteiger partial charge in [0.1, 0.15) is 0 Å². The molecule has 1 aliphatic rings. The van der Waals surface area contributed by atoms with Gasteiger partial charge < -0.3 is 14.8 Å². The van der Waals surface area contributed by atoms with Gasteiger partial charge in [0.15, 0.2) is 5.11 Å². The van der Waals surface area contributed by atoms with E-state index in [1.165, 1.54) is 22.5 Å². The Morgan fingerprint density at radius 3 is 2.47 bits per heavy atom. The van der Waals surface area contributed by atoms with Crippen LogP contribution in [0.2, 0.25) is 5.02 Å². The summed E-state index contributed by atoms with van der Waals surface area (Å²) in [5.41, 5.74) is 7.06. The number of benzene rings is 1. The minimum absolute atomic E-state index is 0.00638. The number of pyridine rings is 1. The van der Waals surface area contributed by atoms with Gasteiger partial charge in [0.25, 0.3) is 0 Å². The van der Waals surface area contributed by atoms with Gasteiger partial charge in [-0.15, -0.1) is 0 Å². The molecular weight excluding hydrogens is 412 g/mol. The normalized spacial score (nSPS) is 18.9. The van der Waals surface area contributed by atoms with Crippen LogP contribution in [0.1, 0.15) is 54.1 Å². The maximum atomic E-state index is 6.30. The number of halogens is 1. The third kappa shape index (κ3) is 3.40. The quantitative estimate of drug-likeness (QED) is 0.519. The molecule has 0 aliphatic carbocycles. The highest BCUT2D eigenvalue weighted by Gasteiger charge is 2.43. The Balaban J connectivity index is 1.92. The summed E-state index contributed by atoms with van der Waals surface area (Å²) in [4.78, 5) is 6.96. The fraction of sp³-hybridized carbons (Fsp3) is 0.333. The summed E-state index contributed by atoms with van der Waals surface area (Å²) in [7, 11) is 0. The van der Waals surface area contributed by atoms with Gasteiger partial charge in [0.05, 0.1) is 17.8 Å². The highest BCUT2D eigenvalue weighted by molar-refractivity contribution is 7.80. The molecule has 1 N–H and O–H groups in total. The first-order valence-corrected chi connectivity index (χ1v) is 11.0. The van der Waals surface area contributed by atoms with E-state index in [2.05, 4.69) is 66.5 Å². The Morgan fingerprint density at radius 2 is 1.83 bits per heavy atom. The molecule has 156 valence electrons. The Hall–Kier alpha value is -2.37. The van der Waals surface area contributed by atoms with Gasteiger partial charge in [-0.1, -0.05) is 23.7 Å². The predicted octanol–water partition coefficient (Wildman–Crippen LogP) is 5.83. The second kappa shape index (κ2) is 8.05. The molecule has 0 amide bonds. The molecule has 2 aromatic heterocycles. The topological polar surface area (TPSA) is 33.1 Å². The van der Waals surface area contributed by atoms with Crippen molar-refractivity contribution in [3.05, 3.63) is 81.9 Å². The van der Waals surface area contributed by atoms with Crippen molar-refractivity contribution in [3.63, 3.8) is 0 Å². The van der Waals surface area contributed by atoms with Gasteiger partial charge in [0, 0.05) is 39.9 Å². The Bertz CT molecular complexity index is 1090. The Labute approximate surface area is 188 Å². The van der Waals surface area contributed by atoms with Crippen molar-refractivity contribution < 1.29 is 0 Å². The van der Waals surface area contributed by atoms with Crippen LogP contribution >= 0.6 is 23.8 Å². The number of nitrogens with one attached hydrogen (secondary N) is 1. The fourth-order valence-corrected chi connectivity index (χ4v) is 5.31. The Kier molecular flexibility index (Phi) is 5.60. The lowest BCUT2D eigenvalue weighted by Crippen LogP contribution is -2.36. The van der Waals surface area contributed by atoms with Crippen LogP contribution in [0, 0.1) is 20.8 Å². The molecule has 2 atom stereocenters. The maximum Gasteiger partial charge on any atom is 0.170 e. The van der Waals surface area contributed by atoms with Crippen LogP contribution in [0.4, 0.5) is 0 Å². The second-order valence-corrected chi connectivity index (χ2v) is 8.98. The van der Waals surface area contributed by atoms with Gasteiger partial charge in [-0.3, -0.25) is 4.98 Å². The predicted molar refractivity (Wildman–Crippen MR) is 127 cm³/mol. The molecule has 3 heterocycles. The van der Waals surface area contributed by atoms with Gasteiger partial charge in [-0.05, 0) is 82.7 Å². The van der Waals surface area contributed by atoms with Crippen LogP contribution in [0.3, 0.4) is 0 Å². The number of rotatable bonds is 4. The fourth-order valence-electron chi connectivity index (χ4n) is 4.67. The second-order valence-electron chi connectivity index (χ2n) is 8.15. The SMILES string of the molecule is Cc1c([C@H]2[C@@H](c3ccccn3)NC(=S)N2C(C)C)c(C)n(-c2cccc(Cl)c2)c1C. The van der Waals surface area contributed by atoms with Crippen molar-refractivity contribution in [2.24, 2.45) is 0 Å². The molecule has 0 saturated carbocycles. The van der Waals surface area contributed by atoms with E-state index in [0.29, 0.717) is 0 Å². The number of hydrogen-bond donors (Lipinski definition) is 1. The molecule has 0 spiro atoms. The van der Waals surface area contributed by atoms with E-state index in [4.69, 9.17) is 23.8 Å². The minimum atomic E-state index is -0.00638. The molecule has 1 aromatic carbocycles. The summed E-state index contributed by atoms with van der Waals surface area (Å²) < 4.78 is 2.30. The van der Waals surface area contributed by atoms with Crippen molar-refractivity contribution in [1.82, 2.24) is 19.8 Å². The van der Waals surface area contributed by atoms with Crippen molar-refractivity contribution in [2.75, 3.05) is 0 Å². The molecule has 0 bridgehead atoms. The lowest BCUT2D eigenvalue weighted by Gasteiger charge is -2.32. The number of thiocarbonyl (C=S) groups is 1. The van der Waals surface area contributed by atoms with Crippen molar-refractivity contribution in [2.45, 2.75) is 52.7 Å². The van der Waals surface area contributed by atoms with Crippen LogP contribution < -0.4 is 5.32 Å². The summed E-state index contributed by atoms with van der Waals surface area (Å²) in [5, 5.41) is 5.06. The van der Waals surface area contributed by atoms with Crippen molar-refractivity contribution in [3.8, 4) is 5.69 Å².